The molecular formula is C28H35ClN4O4. The number of nitrogens with one attached hydrogen (secondary N) is 1. The van der Waals surface area contributed by atoms with Crippen molar-refractivity contribution in [1.82, 2.24) is 4.90 Å². The third-order valence-corrected chi connectivity index (χ3v) is 7.41. The average molecular weight is 527 g/mol. The number of anilines is 1. The normalized spacial score (nSPS) is 21.5. The SMILES string of the molecule is COC(=O)[C@H]1CC[C@H](N(Cc2ccccc2)C(=O)C2CCN(c3ccc(C(=N)N)cc3)C(=O)C2)CC1.Cl. The molecule has 2 aromatic rings. The molecule has 3 N–H and O–H groups in total. The Kier molecular flexibility index (Phi) is 9.69. The lowest BCUT2D eigenvalue weighted by molar-refractivity contribution is -0.148. The number of rotatable bonds is 7. The molecule has 0 spiro atoms. The molecule has 8 nitrogen and oxygen atoms in total. The van der Waals surface area contributed by atoms with Gasteiger partial charge in [-0.25, -0.2) is 0 Å². The molecule has 1 saturated carbocycles. The van der Waals surface area contributed by atoms with Crippen LogP contribution in [0.1, 0.15) is 49.7 Å². The summed E-state index contributed by atoms with van der Waals surface area (Å²) in [5.41, 5.74) is 7.94. The lowest BCUT2D eigenvalue weighted by atomic mass is 9.84. The minimum absolute atomic E-state index is 0. The highest BCUT2D eigenvalue weighted by Gasteiger charge is 2.38. The summed E-state index contributed by atoms with van der Waals surface area (Å²) in [5, 5.41) is 7.54. The number of amides is 2. The molecular weight excluding hydrogens is 492 g/mol. The van der Waals surface area contributed by atoms with Crippen LogP contribution >= 0.6 is 12.4 Å². The minimum Gasteiger partial charge on any atom is -0.469 e. The highest BCUT2D eigenvalue weighted by Crippen LogP contribution is 2.32. The summed E-state index contributed by atoms with van der Waals surface area (Å²) in [6.45, 7) is 0.955. The van der Waals surface area contributed by atoms with E-state index >= 15 is 0 Å². The number of nitrogens with zero attached hydrogens (tertiary/aromatic N) is 2. The number of halogens is 1. The standard InChI is InChI=1S/C28H34N4O4.ClH/c1-36-28(35)21-9-13-24(14-10-21)32(18-19-5-3-2-4-6-19)27(34)22-15-16-31(25(33)17-22)23-11-7-20(8-12-23)26(29)30;/h2-8,11-12,21-22,24H,9-10,13-18H2,1H3,(H3,29,30);1H/t21-,22?,24-;. The monoisotopic (exact) mass is 526 g/mol. The van der Waals surface area contributed by atoms with E-state index in [4.69, 9.17) is 15.9 Å². The molecule has 2 aliphatic rings. The number of nitrogens with two attached hydrogens (primary N) is 1. The highest BCUT2D eigenvalue weighted by atomic mass is 35.5. The molecule has 0 bridgehead atoms. The third-order valence-electron chi connectivity index (χ3n) is 7.41. The Morgan fingerprint density at radius 3 is 2.22 bits per heavy atom. The molecule has 4 rings (SSSR count). The van der Waals surface area contributed by atoms with E-state index < -0.39 is 0 Å². The maximum atomic E-state index is 13.8. The topological polar surface area (TPSA) is 117 Å². The van der Waals surface area contributed by atoms with Gasteiger partial charge in [-0.3, -0.25) is 19.8 Å². The van der Waals surface area contributed by atoms with Crippen LogP contribution in [-0.2, 0) is 25.7 Å². The van der Waals surface area contributed by atoms with Crippen molar-refractivity contribution in [1.29, 1.82) is 5.41 Å². The van der Waals surface area contributed by atoms with Gasteiger partial charge in [0.15, 0.2) is 0 Å². The van der Waals surface area contributed by atoms with Crippen LogP contribution in [0.4, 0.5) is 5.69 Å². The van der Waals surface area contributed by atoms with E-state index in [-0.39, 0.29) is 60.3 Å². The predicted octanol–water partition coefficient (Wildman–Crippen LogP) is 3.90. The molecule has 2 amide bonds. The van der Waals surface area contributed by atoms with Crippen molar-refractivity contribution in [3.63, 3.8) is 0 Å². The van der Waals surface area contributed by atoms with Gasteiger partial charge in [0.1, 0.15) is 5.84 Å². The molecule has 1 atom stereocenters. The molecule has 37 heavy (non-hydrogen) atoms. The predicted molar refractivity (Wildman–Crippen MR) is 145 cm³/mol. The summed E-state index contributed by atoms with van der Waals surface area (Å²) in [6.07, 6.45) is 3.63. The van der Waals surface area contributed by atoms with E-state index in [0.29, 0.717) is 37.9 Å². The van der Waals surface area contributed by atoms with E-state index in [9.17, 15) is 14.4 Å². The zero-order chi connectivity index (χ0) is 25.7. The van der Waals surface area contributed by atoms with E-state index in [1.807, 2.05) is 35.2 Å². The molecule has 1 saturated heterocycles. The highest BCUT2D eigenvalue weighted by molar-refractivity contribution is 5.99. The number of methoxy groups -OCH3 is 1. The van der Waals surface area contributed by atoms with Crippen LogP contribution in [0.3, 0.4) is 0 Å². The Hall–Kier alpha value is -3.39. The summed E-state index contributed by atoms with van der Waals surface area (Å²) in [7, 11) is 1.42. The molecule has 9 heteroatoms. The number of carbonyl (C=O) groups excluding carboxylic acids is 3. The van der Waals surface area contributed by atoms with Gasteiger partial charge in [0.25, 0.3) is 0 Å². The Labute approximate surface area is 224 Å². The molecule has 2 aromatic carbocycles. The minimum atomic E-state index is -0.368. The Morgan fingerprint density at radius 2 is 1.65 bits per heavy atom. The first-order chi connectivity index (χ1) is 17.4. The number of nitrogen functional groups attached to an aromatic ring is 1. The van der Waals surface area contributed by atoms with E-state index in [1.54, 1.807) is 29.2 Å². The smallest absolute Gasteiger partial charge is 0.308 e. The van der Waals surface area contributed by atoms with Crippen LogP contribution < -0.4 is 10.6 Å². The maximum absolute atomic E-state index is 13.8. The van der Waals surface area contributed by atoms with Crippen molar-refractivity contribution in [3.05, 3.63) is 65.7 Å². The van der Waals surface area contributed by atoms with Gasteiger partial charge in [0.05, 0.1) is 13.0 Å². The van der Waals surface area contributed by atoms with Crippen LogP contribution in [0.15, 0.2) is 54.6 Å². The number of hydrogen-bond acceptors (Lipinski definition) is 5. The molecule has 0 aromatic heterocycles. The number of benzene rings is 2. The fourth-order valence-electron chi connectivity index (χ4n) is 5.33. The summed E-state index contributed by atoms with van der Waals surface area (Å²) in [6, 6.07) is 17.0. The largest absolute Gasteiger partial charge is 0.469 e. The van der Waals surface area contributed by atoms with Gasteiger partial charge < -0.3 is 20.3 Å². The van der Waals surface area contributed by atoms with Gasteiger partial charge in [-0.15, -0.1) is 12.4 Å². The van der Waals surface area contributed by atoms with E-state index in [0.717, 1.165) is 24.1 Å². The van der Waals surface area contributed by atoms with Crippen LogP contribution in [0, 0.1) is 17.2 Å². The molecule has 0 radical (unpaired) electrons. The Balaban J connectivity index is 0.00000380. The second-order valence-electron chi connectivity index (χ2n) is 9.68. The third kappa shape index (κ3) is 6.68. The van der Waals surface area contributed by atoms with Crippen LogP contribution in [-0.4, -0.2) is 48.2 Å². The molecule has 1 unspecified atom stereocenters. The second-order valence-corrected chi connectivity index (χ2v) is 9.68. The van der Waals surface area contributed by atoms with Gasteiger partial charge in [-0.05, 0) is 61.9 Å². The first kappa shape index (κ1) is 28.2. The van der Waals surface area contributed by atoms with Crippen molar-refractivity contribution in [2.45, 2.75) is 51.1 Å². The molecule has 1 aliphatic heterocycles. The summed E-state index contributed by atoms with van der Waals surface area (Å²) < 4.78 is 4.92. The van der Waals surface area contributed by atoms with Crippen LogP contribution in [0.5, 0.6) is 0 Å². The van der Waals surface area contributed by atoms with Crippen molar-refractivity contribution in [2.75, 3.05) is 18.6 Å². The zero-order valence-electron chi connectivity index (χ0n) is 21.1. The molecule has 198 valence electrons. The fourth-order valence-corrected chi connectivity index (χ4v) is 5.33. The first-order valence-electron chi connectivity index (χ1n) is 12.5. The second kappa shape index (κ2) is 12.7. The molecule has 1 aliphatic carbocycles. The number of piperidine rings is 1. The number of esters is 1. The van der Waals surface area contributed by atoms with Gasteiger partial charge in [-0.1, -0.05) is 30.3 Å². The van der Waals surface area contributed by atoms with Crippen LogP contribution in [0.2, 0.25) is 0 Å². The van der Waals surface area contributed by atoms with Crippen molar-refractivity contribution < 1.29 is 19.1 Å². The summed E-state index contributed by atoms with van der Waals surface area (Å²) in [5.74, 6) is -0.740. The average Bonchev–Trinajstić information content (AvgIpc) is 2.91. The first-order valence-corrected chi connectivity index (χ1v) is 12.5. The van der Waals surface area contributed by atoms with Crippen molar-refractivity contribution >= 4 is 41.7 Å². The van der Waals surface area contributed by atoms with E-state index in [2.05, 4.69) is 0 Å². The van der Waals surface area contributed by atoms with Gasteiger partial charge in [-0.2, -0.15) is 0 Å². The molecule has 1 heterocycles. The van der Waals surface area contributed by atoms with Crippen LogP contribution in [0.25, 0.3) is 0 Å². The fraction of sp³-hybridized carbons (Fsp3) is 0.429. The Bertz CT molecular complexity index is 1100. The lowest BCUT2D eigenvalue weighted by Crippen LogP contribution is -2.49. The Morgan fingerprint density at radius 1 is 1.00 bits per heavy atom. The number of carbonyl (C=O) groups is 3. The summed E-state index contributed by atoms with van der Waals surface area (Å²) >= 11 is 0. The quantitative estimate of drug-likeness (QED) is 0.322. The van der Waals surface area contributed by atoms with Gasteiger partial charge >= 0.3 is 5.97 Å². The van der Waals surface area contributed by atoms with E-state index in [1.165, 1.54) is 7.11 Å². The van der Waals surface area contributed by atoms with Gasteiger partial charge in [0.2, 0.25) is 11.8 Å². The lowest BCUT2D eigenvalue weighted by Gasteiger charge is -2.40. The zero-order valence-corrected chi connectivity index (χ0v) is 21.9. The van der Waals surface area contributed by atoms with Gasteiger partial charge in [0, 0.05) is 42.7 Å². The number of amidine groups is 1. The molecule has 2 fully saturated rings. The van der Waals surface area contributed by atoms with Crippen molar-refractivity contribution in [2.24, 2.45) is 17.6 Å². The van der Waals surface area contributed by atoms with Crippen molar-refractivity contribution in [3.8, 4) is 0 Å². The maximum Gasteiger partial charge on any atom is 0.308 e. The summed E-state index contributed by atoms with van der Waals surface area (Å²) in [4.78, 5) is 42.5. The number of ether oxygens (including phenoxy) is 1. The number of hydrogen-bond donors (Lipinski definition) is 2.